The highest BCUT2D eigenvalue weighted by molar-refractivity contribution is 5.99. The standard InChI is InChI=1S/C24H28N2O5/c1-13-8-16(17-9-25(2)10-19(20(13)17)24(29)31-5)22-21-14(12-27)6-7-15(21)18(11-26(22)3)23(28)30-4/h6,8-11,15,21-22,27H,7,12H2,1-5H3/t15-,21-,22+/m1/s1/i25+1,26+1. The van der Waals surface area contributed by atoms with Gasteiger partial charge in [-0.15, -0.1) is 0 Å². The molecule has 4 rings (SSSR count). The molecule has 0 aromatic heterocycles. The van der Waals surface area contributed by atoms with E-state index in [-0.39, 0.29) is 36.4 Å². The van der Waals surface area contributed by atoms with Crippen LogP contribution in [-0.4, -0.2) is 54.4 Å². The molecule has 0 spiro atoms. The van der Waals surface area contributed by atoms with Crippen molar-refractivity contribution in [2.24, 2.45) is 18.9 Å². The summed E-state index contributed by atoms with van der Waals surface area (Å²) in [6, 6.07) is 2.02. The Balaban J connectivity index is 1.90. The molecule has 0 fully saturated rings. The Morgan fingerprint density at radius 1 is 1.16 bits per heavy atom. The lowest BCUT2D eigenvalue weighted by molar-refractivity contribution is -0.137. The van der Waals surface area contributed by atoms with Crippen LogP contribution in [0.4, 0.5) is 0 Å². The average molecular weight is 426 g/mol. The molecule has 2 aliphatic carbocycles. The minimum absolute atomic E-state index is 0.0568. The number of ether oxygens (including phenoxy) is 2. The minimum Gasteiger partial charge on any atom is -0.466 e. The molecule has 0 radical (unpaired) electrons. The van der Waals surface area contributed by atoms with Crippen LogP contribution in [0.1, 0.15) is 33.9 Å². The summed E-state index contributed by atoms with van der Waals surface area (Å²) in [7, 11) is 6.60. The monoisotopic (exact) mass is 426 g/mol. The summed E-state index contributed by atoms with van der Waals surface area (Å²) < 4.78 is 11.9. The molecule has 0 amide bonds. The van der Waals surface area contributed by atoms with Crippen molar-refractivity contribution in [2.45, 2.75) is 19.4 Å². The van der Waals surface area contributed by atoms with E-state index in [4.69, 9.17) is 9.47 Å². The molecule has 0 saturated carbocycles. The van der Waals surface area contributed by atoms with Crippen molar-refractivity contribution < 1.29 is 24.2 Å². The molecule has 0 bridgehead atoms. The van der Waals surface area contributed by atoms with Crippen LogP contribution >= 0.6 is 0 Å². The van der Waals surface area contributed by atoms with Crippen molar-refractivity contribution in [3.8, 4) is 11.1 Å². The van der Waals surface area contributed by atoms with Gasteiger partial charge in [0.2, 0.25) is 0 Å². The third-order valence-electron chi connectivity index (χ3n) is 6.63. The lowest BCUT2D eigenvalue weighted by Crippen LogP contribution is -2.38. The van der Waals surface area contributed by atoms with Crippen molar-refractivity contribution >= 4 is 11.9 Å². The zero-order chi connectivity index (χ0) is 22.4. The Hall–Kier alpha value is -3.06. The maximum Gasteiger partial charge on any atom is 0.339 e. The highest BCUT2D eigenvalue weighted by Crippen LogP contribution is 2.52. The number of fused-ring (bicyclic) bond motifs is 2. The summed E-state index contributed by atoms with van der Waals surface area (Å²) in [6.45, 7) is 1.94. The third kappa shape index (κ3) is 3.24. The maximum absolute atomic E-state index is 12.5. The number of aromatic nitrogens is 1. The fraction of sp³-hybridized carbons (Fsp3) is 0.417. The number of aryl methyl sites for hydroxylation is 2. The van der Waals surface area contributed by atoms with Gasteiger partial charge >= 0.3 is 11.9 Å². The number of carbonyl (C=O) groups is 2. The predicted octanol–water partition coefficient (Wildman–Crippen LogP) is 2.82. The second-order valence-corrected chi connectivity index (χ2v) is 8.39. The normalized spacial score (nSPS) is 22.8. The Bertz CT molecular complexity index is 1080. The van der Waals surface area contributed by atoms with Crippen molar-refractivity contribution in [3.63, 3.8) is 0 Å². The van der Waals surface area contributed by atoms with Gasteiger partial charge in [0, 0.05) is 55.7 Å². The van der Waals surface area contributed by atoms with E-state index in [2.05, 4.69) is 6.07 Å². The molecule has 0 saturated heterocycles. The molecule has 2 heterocycles. The van der Waals surface area contributed by atoms with Crippen molar-refractivity contribution in [2.75, 3.05) is 27.9 Å². The van der Waals surface area contributed by atoms with Crippen LogP contribution in [0.25, 0.3) is 11.1 Å². The lowest BCUT2D eigenvalue weighted by atomic mass is 9.76. The summed E-state index contributed by atoms with van der Waals surface area (Å²) in [6.07, 6.45) is 8.39. The van der Waals surface area contributed by atoms with Gasteiger partial charge in [0.05, 0.1) is 38.0 Å². The summed E-state index contributed by atoms with van der Waals surface area (Å²) in [5.41, 5.74) is 5.98. The highest BCUT2D eigenvalue weighted by Gasteiger charge is 2.46. The maximum atomic E-state index is 12.5. The Kier molecular flexibility index (Phi) is 5.39. The van der Waals surface area contributed by atoms with Crippen LogP contribution in [0.3, 0.4) is 0 Å². The molecule has 0 aromatic rings. The van der Waals surface area contributed by atoms with Gasteiger partial charge in [-0.05, 0) is 30.0 Å². The zero-order valence-corrected chi connectivity index (χ0v) is 18.5. The number of rotatable bonds is 4. The number of nitrogens with zero attached hydrogens (tertiary/aromatic N) is 2. The number of carbonyl (C=O) groups excluding carboxylic acids is 2. The number of hydrogen-bond donors (Lipinski definition) is 1. The van der Waals surface area contributed by atoms with E-state index in [0.29, 0.717) is 17.6 Å². The van der Waals surface area contributed by atoms with E-state index < -0.39 is 0 Å². The number of esters is 2. The number of aliphatic hydroxyl groups is 1. The summed E-state index contributed by atoms with van der Waals surface area (Å²) in [5, 5.41) is 10.1. The van der Waals surface area contributed by atoms with Gasteiger partial charge in [-0.2, -0.15) is 0 Å². The first kappa shape index (κ1) is 21.2. The number of hydrogen-bond acceptors (Lipinski definition) is 6. The molecule has 0 unspecified atom stereocenters. The van der Waals surface area contributed by atoms with E-state index in [1.165, 1.54) is 14.2 Å². The highest BCUT2D eigenvalue weighted by atomic mass is 16.5. The molecule has 31 heavy (non-hydrogen) atoms. The molecule has 1 N–H and O–H groups in total. The van der Waals surface area contributed by atoms with Crippen LogP contribution in [-0.2, 0) is 21.3 Å². The van der Waals surface area contributed by atoms with Gasteiger partial charge in [-0.1, -0.05) is 12.1 Å². The smallest absolute Gasteiger partial charge is 0.339 e. The van der Waals surface area contributed by atoms with Crippen LogP contribution < -0.4 is 0 Å². The molecular formula is C24H28N2O5. The summed E-state index contributed by atoms with van der Waals surface area (Å²) in [4.78, 5) is 26.9. The minimum atomic E-state index is -0.374. The fourth-order valence-corrected chi connectivity index (χ4v) is 5.37. The zero-order valence-electron chi connectivity index (χ0n) is 18.5. The van der Waals surface area contributed by atoms with Crippen LogP contribution in [0.5, 0.6) is 0 Å². The first-order valence-corrected chi connectivity index (χ1v) is 10.3. The third-order valence-corrected chi connectivity index (χ3v) is 6.63. The number of methoxy groups -OCH3 is 2. The van der Waals surface area contributed by atoms with E-state index in [0.717, 1.165) is 27.8 Å². The van der Waals surface area contributed by atoms with Gasteiger partial charge in [0.15, 0.2) is 0 Å². The van der Waals surface area contributed by atoms with Crippen molar-refractivity contribution in [1.29, 1.82) is 0 Å². The first-order valence-electron chi connectivity index (χ1n) is 10.3. The summed E-state index contributed by atoms with van der Waals surface area (Å²) in [5.74, 6) is -0.832. The fourth-order valence-electron chi connectivity index (χ4n) is 5.37. The van der Waals surface area contributed by atoms with E-state index in [1.807, 2.05) is 49.0 Å². The molecule has 4 aliphatic rings. The van der Waals surface area contributed by atoms with Crippen LogP contribution in [0, 0.1) is 18.8 Å². The second-order valence-electron chi connectivity index (χ2n) is 8.39. The Morgan fingerprint density at radius 2 is 1.87 bits per heavy atom. The molecule has 7 heteroatoms. The van der Waals surface area contributed by atoms with Gasteiger partial charge in [-0.25, -0.2) is 9.59 Å². The van der Waals surface area contributed by atoms with Crippen molar-refractivity contribution in [1.82, 2.24) is 9.47 Å². The number of pyridine rings is 1. The van der Waals surface area contributed by atoms with Crippen LogP contribution in [0.2, 0.25) is 0 Å². The summed E-state index contributed by atoms with van der Waals surface area (Å²) >= 11 is 0. The average Bonchev–Trinajstić information content (AvgIpc) is 3.32. The topological polar surface area (TPSA) is 81.0 Å². The molecule has 3 atom stereocenters. The number of aliphatic hydroxyl groups excluding tert-OH is 1. The van der Waals surface area contributed by atoms with Gasteiger partial charge in [-0.3, -0.25) is 0 Å². The van der Waals surface area contributed by atoms with Crippen molar-refractivity contribution in [3.05, 3.63) is 58.6 Å². The Morgan fingerprint density at radius 3 is 2.52 bits per heavy atom. The molecular weight excluding hydrogens is 398 g/mol. The SMILES string of the molecule is COC(=O)C1=C[15N](C)[C@@H](c2cc(C)c3c(C(=O)OC)c[15n](C)cc2-3)[C@@H]2C(CO)=CC[C@H]12. The van der Waals surface area contributed by atoms with Gasteiger partial charge in [0.1, 0.15) is 0 Å². The van der Waals surface area contributed by atoms with Gasteiger partial charge < -0.3 is 24.0 Å². The second kappa shape index (κ2) is 7.89. The largest absolute Gasteiger partial charge is 0.466 e. The van der Waals surface area contributed by atoms with E-state index >= 15 is 0 Å². The van der Waals surface area contributed by atoms with Gasteiger partial charge in [0.25, 0.3) is 0 Å². The van der Waals surface area contributed by atoms with E-state index in [9.17, 15) is 14.7 Å². The molecule has 7 nitrogen and oxygen atoms in total. The Labute approximate surface area is 181 Å². The first-order chi connectivity index (χ1) is 14.8. The van der Waals surface area contributed by atoms with Crippen LogP contribution in [0.15, 0.2) is 41.9 Å². The quantitative estimate of drug-likeness (QED) is 0.460. The molecule has 0 aromatic carbocycles. The lowest BCUT2D eigenvalue weighted by Gasteiger charge is -2.42. The predicted molar refractivity (Wildman–Crippen MR) is 115 cm³/mol. The molecule has 164 valence electrons. The number of allylic oxidation sites excluding steroid dienone is 1. The van der Waals surface area contributed by atoms with E-state index in [1.54, 1.807) is 6.20 Å². The molecule has 2 aliphatic heterocycles.